The maximum absolute atomic E-state index is 5.33. The van der Waals surface area contributed by atoms with Gasteiger partial charge in [0.05, 0.1) is 12.2 Å². The Morgan fingerprint density at radius 3 is 2.75 bits per heavy atom. The van der Waals surface area contributed by atoms with E-state index in [0.29, 0.717) is 11.8 Å². The Morgan fingerprint density at radius 2 is 1.96 bits per heavy atom. The number of thiazole rings is 2. The number of nitrogens with zero attached hydrogens (tertiary/aromatic N) is 3. The van der Waals surface area contributed by atoms with Crippen molar-refractivity contribution >= 4 is 56.0 Å². The summed E-state index contributed by atoms with van der Waals surface area (Å²) in [6, 6.07) is 8.31. The van der Waals surface area contributed by atoms with E-state index in [2.05, 4.69) is 43.5 Å². The first-order chi connectivity index (χ1) is 11.8. The van der Waals surface area contributed by atoms with Crippen molar-refractivity contribution < 1.29 is 0 Å². The van der Waals surface area contributed by atoms with Crippen molar-refractivity contribution in [2.24, 2.45) is 0 Å². The van der Waals surface area contributed by atoms with E-state index in [1.807, 2.05) is 29.1 Å². The maximum Gasteiger partial charge on any atom is 0.188 e. The molecule has 0 radical (unpaired) electrons. The first-order valence-corrected chi connectivity index (χ1v) is 9.40. The number of nitrogens with one attached hydrogen (secondary N) is 2. The van der Waals surface area contributed by atoms with E-state index in [0.717, 1.165) is 21.2 Å². The molecule has 0 spiro atoms. The van der Waals surface area contributed by atoms with Crippen LogP contribution in [0.25, 0.3) is 21.5 Å². The average molecular weight is 372 g/mol. The van der Waals surface area contributed by atoms with E-state index < -0.39 is 0 Å². The Morgan fingerprint density at radius 1 is 1.12 bits per heavy atom. The van der Waals surface area contributed by atoms with Gasteiger partial charge in [-0.15, -0.1) is 22.7 Å². The van der Waals surface area contributed by atoms with Crippen LogP contribution in [0.1, 0.15) is 0 Å². The topological polar surface area (TPSA) is 54.8 Å². The largest absolute Gasteiger partial charge is 0.345 e. The normalized spacial score (nSPS) is 10.8. The van der Waals surface area contributed by atoms with Crippen LogP contribution < -0.4 is 10.6 Å². The second-order valence-corrected chi connectivity index (χ2v) is 7.19. The van der Waals surface area contributed by atoms with Crippen LogP contribution in [0.15, 0.2) is 53.6 Å². The number of thiocarbonyl (C=S) groups is 1. The third-order valence-corrected chi connectivity index (χ3v) is 5.26. The highest BCUT2D eigenvalue weighted by Gasteiger charge is 2.11. The van der Waals surface area contributed by atoms with Crippen LogP contribution in [0.4, 0.5) is 5.13 Å². The molecule has 0 aliphatic carbocycles. The molecule has 3 aromatic heterocycles. The molecule has 3 heterocycles. The molecule has 0 fully saturated rings. The summed E-state index contributed by atoms with van der Waals surface area (Å²) in [5, 5.41) is 13.7. The van der Waals surface area contributed by atoms with Gasteiger partial charge in [-0.25, -0.2) is 9.97 Å². The maximum atomic E-state index is 5.33. The highest BCUT2D eigenvalue weighted by molar-refractivity contribution is 7.80. The lowest BCUT2D eigenvalue weighted by molar-refractivity contribution is 0.694. The number of benzene rings is 1. The number of anilines is 1. The summed E-state index contributed by atoms with van der Waals surface area (Å²) in [4.78, 5) is 8.60. The Balaban J connectivity index is 1.57. The van der Waals surface area contributed by atoms with Gasteiger partial charge < -0.3 is 15.2 Å². The average Bonchev–Trinajstić information content (AvgIpc) is 3.33. The highest BCUT2D eigenvalue weighted by Crippen LogP contribution is 2.31. The van der Waals surface area contributed by atoms with Crippen molar-refractivity contribution in [3.63, 3.8) is 0 Å². The second-order valence-electron chi connectivity index (χ2n) is 4.99. The number of para-hydroxylation sites is 1. The van der Waals surface area contributed by atoms with E-state index in [-0.39, 0.29) is 0 Å². The molecule has 0 saturated carbocycles. The molecule has 8 heteroatoms. The van der Waals surface area contributed by atoms with Crippen molar-refractivity contribution in [3.8, 4) is 10.6 Å². The summed E-state index contributed by atoms with van der Waals surface area (Å²) in [7, 11) is 0. The predicted octanol–water partition coefficient (Wildman–Crippen LogP) is 4.17. The number of rotatable bonds is 4. The van der Waals surface area contributed by atoms with Gasteiger partial charge in [0, 0.05) is 40.3 Å². The summed E-state index contributed by atoms with van der Waals surface area (Å²) in [6.45, 7) is 0.573. The number of aromatic nitrogens is 3. The molecule has 120 valence electrons. The van der Waals surface area contributed by atoms with Crippen molar-refractivity contribution in [2.45, 2.75) is 6.67 Å². The third kappa shape index (κ3) is 3.03. The number of fused-ring (bicyclic) bond motifs is 1. The van der Waals surface area contributed by atoms with Gasteiger partial charge >= 0.3 is 0 Å². The van der Waals surface area contributed by atoms with Crippen molar-refractivity contribution in [1.29, 1.82) is 0 Å². The van der Waals surface area contributed by atoms with Crippen molar-refractivity contribution in [2.75, 3.05) is 5.32 Å². The monoisotopic (exact) mass is 371 g/mol. The zero-order valence-corrected chi connectivity index (χ0v) is 14.9. The van der Waals surface area contributed by atoms with Gasteiger partial charge in [0.2, 0.25) is 0 Å². The minimum Gasteiger partial charge on any atom is -0.345 e. The van der Waals surface area contributed by atoms with Gasteiger partial charge in [0.15, 0.2) is 10.2 Å². The SMILES string of the molecule is S=C(NCn1cc(-c2nccs2)c2ccccc21)Nc1nccs1. The molecule has 0 unspecified atom stereocenters. The van der Waals surface area contributed by atoms with Gasteiger partial charge in [-0.2, -0.15) is 0 Å². The molecule has 0 bridgehead atoms. The first-order valence-electron chi connectivity index (χ1n) is 7.23. The van der Waals surface area contributed by atoms with Gasteiger partial charge in [0.25, 0.3) is 0 Å². The molecule has 1 aromatic carbocycles. The fourth-order valence-electron chi connectivity index (χ4n) is 2.49. The summed E-state index contributed by atoms with van der Waals surface area (Å²) >= 11 is 8.49. The van der Waals surface area contributed by atoms with Crippen LogP contribution in [0, 0.1) is 0 Å². The zero-order chi connectivity index (χ0) is 16.4. The summed E-state index contributed by atoms with van der Waals surface area (Å²) in [6.07, 6.45) is 5.69. The van der Waals surface area contributed by atoms with E-state index in [9.17, 15) is 0 Å². The van der Waals surface area contributed by atoms with Gasteiger partial charge in [-0.1, -0.05) is 18.2 Å². The molecule has 2 N–H and O–H groups in total. The lowest BCUT2D eigenvalue weighted by Crippen LogP contribution is -2.30. The highest BCUT2D eigenvalue weighted by atomic mass is 32.1. The Kier molecular flexibility index (Phi) is 4.24. The molecule has 0 amide bonds. The minimum absolute atomic E-state index is 0.554. The smallest absolute Gasteiger partial charge is 0.188 e. The lowest BCUT2D eigenvalue weighted by atomic mass is 10.2. The van der Waals surface area contributed by atoms with Crippen molar-refractivity contribution in [1.82, 2.24) is 19.9 Å². The quantitative estimate of drug-likeness (QED) is 0.528. The third-order valence-electron chi connectivity index (χ3n) is 3.51. The number of hydrogen-bond acceptors (Lipinski definition) is 5. The van der Waals surface area contributed by atoms with Gasteiger partial charge in [0.1, 0.15) is 5.01 Å². The Hall–Kier alpha value is -2.29. The van der Waals surface area contributed by atoms with Crippen LogP contribution in [0.5, 0.6) is 0 Å². The molecule has 5 nitrogen and oxygen atoms in total. The van der Waals surface area contributed by atoms with E-state index in [4.69, 9.17) is 12.2 Å². The fraction of sp³-hybridized carbons (Fsp3) is 0.0625. The molecule has 0 aliphatic rings. The van der Waals surface area contributed by atoms with Crippen LogP contribution in [-0.2, 0) is 6.67 Å². The van der Waals surface area contributed by atoms with Crippen LogP contribution in [0.3, 0.4) is 0 Å². The van der Waals surface area contributed by atoms with Crippen LogP contribution in [-0.4, -0.2) is 19.6 Å². The zero-order valence-electron chi connectivity index (χ0n) is 12.5. The Labute approximate surface area is 152 Å². The minimum atomic E-state index is 0.554. The van der Waals surface area contributed by atoms with Gasteiger partial charge in [-0.3, -0.25) is 0 Å². The summed E-state index contributed by atoms with van der Waals surface area (Å²) in [5.41, 5.74) is 2.29. The second kappa shape index (κ2) is 6.68. The molecule has 4 aromatic rings. The molecule has 0 aliphatic heterocycles. The van der Waals surface area contributed by atoms with Crippen molar-refractivity contribution in [3.05, 3.63) is 53.6 Å². The van der Waals surface area contributed by atoms with E-state index >= 15 is 0 Å². The van der Waals surface area contributed by atoms with Crippen LogP contribution >= 0.6 is 34.9 Å². The molecule has 0 saturated heterocycles. The predicted molar refractivity (Wildman–Crippen MR) is 105 cm³/mol. The molecular weight excluding hydrogens is 358 g/mol. The first kappa shape index (κ1) is 15.3. The van der Waals surface area contributed by atoms with Crippen LogP contribution in [0.2, 0.25) is 0 Å². The molecule has 24 heavy (non-hydrogen) atoms. The summed E-state index contributed by atoms with van der Waals surface area (Å²) < 4.78 is 2.14. The van der Waals surface area contributed by atoms with Gasteiger partial charge in [-0.05, 0) is 18.3 Å². The Bertz CT molecular complexity index is 957. The fourth-order valence-corrected chi connectivity index (χ4v) is 3.91. The molecule has 0 atom stereocenters. The molecule has 4 rings (SSSR count). The number of hydrogen-bond donors (Lipinski definition) is 2. The molecular formula is C16H13N5S3. The van der Waals surface area contributed by atoms with E-state index in [1.165, 1.54) is 16.7 Å². The standard InChI is InChI=1S/C16H13N5S3/c22-15(20-16-18-6-8-24-16)19-10-21-9-12(14-17-5-7-23-14)11-3-1-2-4-13(11)21/h1-9H,10H2,(H2,18,19,20,22). The van der Waals surface area contributed by atoms with E-state index in [1.54, 1.807) is 17.5 Å². The summed E-state index contributed by atoms with van der Waals surface area (Å²) in [5.74, 6) is 0. The lowest BCUT2D eigenvalue weighted by Gasteiger charge is -2.10.